The van der Waals surface area contributed by atoms with Gasteiger partial charge in [0, 0.05) is 23.2 Å². The van der Waals surface area contributed by atoms with Crippen LogP contribution >= 0.6 is 23.2 Å². The molecule has 20 heavy (non-hydrogen) atoms. The molecule has 2 aromatic rings. The Bertz CT molecular complexity index is 566. The summed E-state index contributed by atoms with van der Waals surface area (Å²) < 4.78 is 26.8. The second kappa shape index (κ2) is 6.55. The number of halogens is 4. The molecule has 0 saturated carbocycles. The van der Waals surface area contributed by atoms with Crippen LogP contribution in [0.25, 0.3) is 0 Å². The molecule has 0 bridgehead atoms. The van der Waals surface area contributed by atoms with Gasteiger partial charge < -0.3 is 0 Å². The molecule has 106 valence electrons. The quantitative estimate of drug-likeness (QED) is 0.687. The first-order valence-corrected chi connectivity index (χ1v) is 7.29. The highest BCUT2D eigenvalue weighted by atomic mass is 35.5. The molecule has 0 atom stereocenters. The Labute approximate surface area is 127 Å². The summed E-state index contributed by atoms with van der Waals surface area (Å²) in [4.78, 5) is 0. The molecule has 0 aliphatic heterocycles. The van der Waals surface area contributed by atoms with E-state index in [9.17, 15) is 8.78 Å². The molecular weight excluding hydrogens is 301 g/mol. The van der Waals surface area contributed by atoms with Crippen molar-refractivity contribution < 1.29 is 8.78 Å². The summed E-state index contributed by atoms with van der Waals surface area (Å²) in [6.45, 7) is 0. The molecular formula is C16H14Cl2F2. The minimum Gasteiger partial charge on any atom is -0.207 e. The molecule has 0 saturated heterocycles. The van der Waals surface area contributed by atoms with Crippen molar-refractivity contribution in [3.63, 3.8) is 0 Å². The van der Waals surface area contributed by atoms with Crippen molar-refractivity contribution in [1.29, 1.82) is 0 Å². The van der Waals surface area contributed by atoms with E-state index >= 15 is 0 Å². The molecule has 0 heterocycles. The van der Waals surface area contributed by atoms with Crippen LogP contribution in [0.5, 0.6) is 0 Å². The van der Waals surface area contributed by atoms with Gasteiger partial charge in [0.2, 0.25) is 0 Å². The largest absolute Gasteiger partial charge is 0.207 e. The van der Waals surface area contributed by atoms with Gasteiger partial charge in [0.15, 0.2) is 0 Å². The van der Waals surface area contributed by atoms with Crippen LogP contribution in [0.2, 0.25) is 0 Å². The van der Waals surface area contributed by atoms with Crippen LogP contribution in [0, 0.1) is 11.6 Å². The second-order valence-corrected chi connectivity index (χ2v) is 5.36. The fourth-order valence-corrected chi connectivity index (χ4v) is 2.99. The molecule has 0 nitrogen and oxygen atoms in total. The number of hydrogen-bond acceptors (Lipinski definition) is 0. The highest BCUT2D eigenvalue weighted by Gasteiger charge is 2.31. The summed E-state index contributed by atoms with van der Waals surface area (Å²) in [6.07, 6.45) is 0.329. The van der Waals surface area contributed by atoms with Crippen LogP contribution in [-0.4, -0.2) is 11.8 Å². The van der Waals surface area contributed by atoms with E-state index in [1.54, 1.807) is 0 Å². The number of benzene rings is 2. The molecule has 0 spiro atoms. The Hall–Kier alpha value is -1.12. The third-order valence-electron chi connectivity index (χ3n) is 3.44. The first kappa shape index (κ1) is 15.3. The fourth-order valence-electron chi connectivity index (χ4n) is 2.21. The van der Waals surface area contributed by atoms with Gasteiger partial charge in [0.05, 0.1) is 0 Å². The van der Waals surface area contributed by atoms with Crippen LogP contribution in [0.3, 0.4) is 0 Å². The molecule has 0 aromatic heterocycles. The standard InChI is InChI=1S/C16H14Cl2F2/c17-10-16(11-18,13-4-2-1-3-5-13)9-12-6-7-14(19)8-15(12)20/h1-8H,9-11H2. The Kier molecular flexibility index (Phi) is 5.00. The topological polar surface area (TPSA) is 0 Å². The average molecular weight is 315 g/mol. The highest BCUT2D eigenvalue weighted by Crippen LogP contribution is 2.32. The fraction of sp³-hybridized carbons (Fsp3) is 0.250. The van der Waals surface area contributed by atoms with Gasteiger partial charge in [-0.05, 0) is 23.6 Å². The Morgan fingerprint density at radius 1 is 0.900 bits per heavy atom. The molecule has 2 aromatic carbocycles. The van der Waals surface area contributed by atoms with E-state index < -0.39 is 17.0 Å². The van der Waals surface area contributed by atoms with Crippen molar-refractivity contribution in [2.24, 2.45) is 0 Å². The van der Waals surface area contributed by atoms with Crippen LogP contribution in [0.15, 0.2) is 48.5 Å². The van der Waals surface area contributed by atoms with Gasteiger partial charge in [-0.2, -0.15) is 0 Å². The zero-order valence-corrected chi connectivity index (χ0v) is 12.3. The van der Waals surface area contributed by atoms with Gasteiger partial charge in [-0.25, -0.2) is 8.78 Å². The van der Waals surface area contributed by atoms with Gasteiger partial charge in [0.25, 0.3) is 0 Å². The Balaban J connectivity index is 2.39. The highest BCUT2D eigenvalue weighted by molar-refractivity contribution is 6.22. The minimum atomic E-state index is -0.590. The average Bonchev–Trinajstić information content (AvgIpc) is 2.48. The zero-order valence-electron chi connectivity index (χ0n) is 10.8. The third kappa shape index (κ3) is 3.13. The molecule has 0 radical (unpaired) electrons. The molecule has 0 amide bonds. The Morgan fingerprint density at radius 2 is 1.55 bits per heavy atom. The lowest BCUT2D eigenvalue weighted by atomic mass is 9.78. The number of rotatable bonds is 5. The van der Waals surface area contributed by atoms with Gasteiger partial charge in [0.1, 0.15) is 11.6 Å². The predicted octanol–water partition coefficient (Wildman–Crippen LogP) is 4.92. The molecule has 0 fully saturated rings. The van der Waals surface area contributed by atoms with Crippen molar-refractivity contribution in [2.45, 2.75) is 11.8 Å². The van der Waals surface area contributed by atoms with Crippen molar-refractivity contribution in [2.75, 3.05) is 11.8 Å². The lowest BCUT2D eigenvalue weighted by molar-refractivity contribution is 0.506. The number of hydrogen-bond donors (Lipinski definition) is 0. The summed E-state index contributed by atoms with van der Waals surface area (Å²) in [7, 11) is 0. The summed E-state index contributed by atoms with van der Waals surface area (Å²) in [5, 5.41) is 0. The van der Waals surface area contributed by atoms with Crippen molar-refractivity contribution in [3.05, 3.63) is 71.3 Å². The lowest BCUT2D eigenvalue weighted by Crippen LogP contribution is -2.33. The first-order chi connectivity index (χ1) is 9.61. The first-order valence-electron chi connectivity index (χ1n) is 6.23. The van der Waals surface area contributed by atoms with E-state index in [1.807, 2.05) is 30.3 Å². The molecule has 0 aliphatic carbocycles. The van der Waals surface area contributed by atoms with Crippen LogP contribution in [-0.2, 0) is 11.8 Å². The van der Waals surface area contributed by atoms with Gasteiger partial charge in [-0.1, -0.05) is 36.4 Å². The van der Waals surface area contributed by atoms with Gasteiger partial charge in [-0.15, -0.1) is 23.2 Å². The van der Waals surface area contributed by atoms with E-state index in [2.05, 4.69) is 0 Å². The maximum absolute atomic E-state index is 13.8. The third-order valence-corrected chi connectivity index (χ3v) is 4.46. The van der Waals surface area contributed by atoms with E-state index in [4.69, 9.17) is 23.2 Å². The van der Waals surface area contributed by atoms with Crippen molar-refractivity contribution in [3.8, 4) is 0 Å². The lowest BCUT2D eigenvalue weighted by Gasteiger charge is -2.30. The van der Waals surface area contributed by atoms with Crippen LogP contribution in [0.1, 0.15) is 11.1 Å². The maximum Gasteiger partial charge on any atom is 0.129 e. The van der Waals surface area contributed by atoms with Crippen LogP contribution < -0.4 is 0 Å². The normalized spacial score (nSPS) is 11.6. The van der Waals surface area contributed by atoms with Crippen LogP contribution in [0.4, 0.5) is 8.78 Å². The molecule has 2 rings (SSSR count). The maximum atomic E-state index is 13.8. The van der Waals surface area contributed by atoms with Gasteiger partial charge >= 0.3 is 0 Å². The molecule has 0 unspecified atom stereocenters. The summed E-state index contributed by atoms with van der Waals surface area (Å²) in [5.74, 6) is -0.636. The van der Waals surface area contributed by atoms with Crippen molar-refractivity contribution >= 4 is 23.2 Å². The van der Waals surface area contributed by atoms with E-state index in [0.717, 1.165) is 11.6 Å². The zero-order chi connectivity index (χ0) is 14.6. The Morgan fingerprint density at radius 3 is 2.10 bits per heavy atom. The monoisotopic (exact) mass is 314 g/mol. The predicted molar refractivity (Wildman–Crippen MR) is 79.6 cm³/mol. The summed E-state index contributed by atoms with van der Waals surface area (Å²) >= 11 is 12.2. The SMILES string of the molecule is Fc1ccc(CC(CCl)(CCl)c2ccccc2)c(F)c1. The summed E-state index contributed by atoms with van der Waals surface area (Å²) in [5.41, 5.74) is 0.800. The van der Waals surface area contributed by atoms with E-state index in [1.165, 1.54) is 12.1 Å². The number of alkyl halides is 2. The van der Waals surface area contributed by atoms with Crippen molar-refractivity contribution in [1.82, 2.24) is 0 Å². The smallest absolute Gasteiger partial charge is 0.129 e. The molecule has 0 N–H and O–H groups in total. The molecule has 4 heteroatoms. The second-order valence-electron chi connectivity index (χ2n) is 4.83. The van der Waals surface area contributed by atoms with E-state index in [0.29, 0.717) is 12.0 Å². The summed E-state index contributed by atoms with van der Waals surface area (Å²) in [6, 6.07) is 13.1. The minimum absolute atomic E-state index is 0.261. The van der Waals surface area contributed by atoms with E-state index in [-0.39, 0.29) is 11.8 Å². The molecule has 0 aliphatic rings. The van der Waals surface area contributed by atoms with Gasteiger partial charge in [-0.3, -0.25) is 0 Å².